The van der Waals surface area contributed by atoms with E-state index < -0.39 is 0 Å². The van der Waals surface area contributed by atoms with E-state index in [1.807, 2.05) is 41.2 Å². The van der Waals surface area contributed by atoms with Crippen molar-refractivity contribution in [3.8, 4) is 0 Å². The number of hydrogen-bond acceptors (Lipinski definition) is 2. The Kier molecular flexibility index (Phi) is 5.41. The van der Waals surface area contributed by atoms with Gasteiger partial charge in [0.15, 0.2) is 10.9 Å². The summed E-state index contributed by atoms with van der Waals surface area (Å²) in [5.41, 5.74) is 1.16. The lowest BCUT2D eigenvalue weighted by molar-refractivity contribution is 0.194. The largest absolute Gasteiger partial charge is 0.344 e. The number of piperidine rings is 1. The Morgan fingerprint density at radius 3 is 2.54 bits per heavy atom. The predicted octanol–water partition coefficient (Wildman–Crippen LogP) is 4.54. The maximum absolute atomic E-state index is 5.92. The van der Waals surface area contributed by atoms with Crippen LogP contribution in [0.3, 0.4) is 0 Å². The number of nitrogens with one attached hydrogen (secondary N) is 1. The summed E-state index contributed by atoms with van der Waals surface area (Å²) < 4.78 is 1.90. The normalized spacial score (nSPS) is 20.9. The van der Waals surface area contributed by atoms with E-state index in [1.54, 1.807) is 0 Å². The van der Waals surface area contributed by atoms with Crippen molar-refractivity contribution in [2.75, 3.05) is 5.32 Å². The van der Waals surface area contributed by atoms with E-state index in [4.69, 9.17) is 23.8 Å². The molecule has 0 aliphatic carbocycles. The van der Waals surface area contributed by atoms with Gasteiger partial charge in [-0.3, -0.25) is 4.68 Å². The molecule has 1 N–H and O–H groups in total. The summed E-state index contributed by atoms with van der Waals surface area (Å²) in [4.78, 5) is 2.30. The molecule has 1 fully saturated rings. The number of nitrogens with zero attached hydrogens (tertiary/aromatic N) is 3. The molecule has 3 rings (SSSR count). The molecule has 2 aromatic rings. The van der Waals surface area contributed by atoms with Crippen molar-refractivity contribution >= 4 is 34.7 Å². The van der Waals surface area contributed by atoms with Gasteiger partial charge in [0.05, 0.1) is 6.54 Å². The summed E-state index contributed by atoms with van der Waals surface area (Å²) in [5, 5.41) is 9.38. The van der Waals surface area contributed by atoms with Crippen LogP contribution in [0.1, 0.15) is 38.7 Å². The molecular formula is C18H23ClN4S. The zero-order chi connectivity index (χ0) is 17.1. The standard InChI is InChI=1S/C18H23ClN4S/c1-13-4-3-5-14(2)23(13)18(24)20-17-10-11-22(21-17)12-15-6-8-16(19)9-7-15/h6-11,13-14H,3-5,12H2,1-2H3,(H,20,21,24)/t13-,14-/m1/s1. The Morgan fingerprint density at radius 2 is 1.88 bits per heavy atom. The maximum atomic E-state index is 5.92. The molecule has 1 aliphatic heterocycles. The fraction of sp³-hybridized carbons (Fsp3) is 0.444. The van der Waals surface area contributed by atoms with Crippen LogP contribution in [0.2, 0.25) is 5.02 Å². The van der Waals surface area contributed by atoms with Gasteiger partial charge in [-0.25, -0.2) is 0 Å². The highest BCUT2D eigenvalue weighted by Gasteiger charge is 2.26. The molecule has 0 bridgehead atoms. The van der Waals surface area contributed by atoms with Crippen LogP contribution in [0.25, 0.3) is 0 Å². The van der Waals surface area contributed by atoms with Crippen molar-refractivity contribution in [2.45, 2.75) is 51.7 Å². The third-order valence-electron chi connectivity index (χ3n) is 4.56. The van der Waals surface area contributed by atoms with E-state index in [2.05, 4.69) is 29.2 Å². The van der Waals surface area contributed by atoms with Crippen LogP contribution in [-0.4, -0.2) is 31.9 Å². The first-order chi connectivity index (χ1) is 11.5. The summed E-state index contributed by atoms with van der Waals surface area (Å²) in [7, 11) is 0. The van der Waals surface area contributed by atoms with Crippen LogP contribution in [0, 0.1) is 0 Å². The Labute approximate surface area is 153 Å². The van der Waals surface area contributed by atoms with Gasteiger partial charge in [0.2, 0.25) is 0 Å². The zero-order valence-corrected chi connectivity index (χ0v) is 15.6. The molecule has 0 spiro atoms. The minimum atomic E-state index is 0.477. The van der Waals surface area contributed by atoms with Crippen LogP contribution in [0.15, 0.2) is 36.5 Å². The SMILES string of the molecule is C[C@@H]1CCC[C@@H](C)N1C(=S)Nc1ccn(Cc2ccc(Cl)cc2)n1. The second-order valence-corrected chi connectivity index (χ2v) is 7.31. The van der Waals surface area contributed by atoms with Crippen LogP contribution in [-0.2, 0) is 6.54 Å². The summed E-state index contributed by atoms with van der Waals surface area (Å²) in [6.45, 7) is 5.19. The van der Waals surface area contributed by atoms with Crippen LogP contribution >= 0.6 is 23.8 Å². The third-order valence-corrected chi connectivity index (χ3v) is 5.13. The molecule has 4 nitrogen and oxygen atoms in total. The number of likely N-dealkylation sites (tertiary alicyclic amines) is 1. The van der Waals surface area contributed by atoms with Crippen LogP contribution < -0.4 is 5.32 Å². The van der Waals surface area contributed by atoms with Crippen molar-refractivity contribution in [3.05, 3.63) is 47.1 Å². The monoisotopic (exact) mass is 362 g/mol. The van der Waals surface area contributed by atoms with Gasteiger partial charge in [-0.15, -0.1) is 0 Å². The minimum Gasteiger partial charge on any atom is -0.344 e. The lowest BCUT2D eigenvalue weighted by Gasteiger charge is -2.40. The van der Waals surface area contributed by atoms with Crippen molar-refractivity contribution < 1.29 is 0 Å². The van der Waals surface area contributed by atoms with Crippen molar-refractivity contribution in [3.63, 3.8) is 0 Å². The Hall–Kier alpha value is -1.59. The highest BCUT2D eigenvalue weighted by molar-refractivity contribution is 7.80. The molecule has 128 valence electrons. The summed E-state index contributed by atoms with van der Waals surface area (Å²) in [6.07, 6.45) is 5.62. The van der Waals surface area contributed by atoms with E-state index in [1.165, 1.54) is 19.3 Å². The Balaban J connectivity index is 1.63. The number of halogens is 1. The average molecular weight is 363 g/mol. The number of thiocarbonyl (C=S) groups is 1. The highest BCUT2D eigenvalue weighted by atomic mass is 35.5. The molecule has 2 atom stereocenters. The molecule has 6 heteroatoms. The van der Waals surface area contributed by atoms with Gasteiger partial charge in [-0.05, 0) is 63.0 Å². The number of rotatable bonds is 3. The minimum absolute atomic E-state index is 0.477. The van der Waals surface area contributed by atoms with E-state index in [-0.39, 0.29) is 0 Å². The van der Waals surface area contributed by atoms with Crippen molar-refractivity contribution in [1.82, 2.24) is 14.7 Å². The average Bonchev–Trinajstić information content (AvgIpc) is 2.96. The molecule has 24 heavy (non-hydrogen) atoms. The van der Waals surface area contributed by atoms with Crippen LogP contribution in [0.5, 0.6) is 0 Å². The third kappa shape index (κ3) is 4.08. The van der Waals surface area contributed by atoms with E-state index in [0.29, 0.717) is 18.6 Å². The molecule has 1 aliphatic rings. The lowest BCUT2D eigenvalue weighted by atomic mass is 9.98. The van der Waals surface area contributed by atoms with Crippen molar-refractivity contribution in [2.24, 2.45) is 0 Å². The molecule has 0 saturated carbocycles. The molecule has 0 radical (unpaired) electrons. The molecule has 1 saturated heterocycles. The molecule has 1 aromatic carbocycles. The number of benzene rings is 1. The first-order valence-electron chi connectivity index (χ1n) is 8.40. The van der Waals surface area contributed by atoms with Gasteiger partial charge >= 0.3 is 0 Å². The quantitative estimate of drug-likeness (QED) is 0.812. The number of anilines is 1. The van der Waals surface area contributed by atoms with Gasteiger partial charge in [0.1, 0.15) is 0 Å². The van der Waals surface area contributed by atoms with E-state index in [9.17, 15) is 0 Å². The Bertz CT molecular complexity index is 687. The second-order valence-electron chi connectivity index (χ2n) is 6.49. The van der Waals surface area contributed by atoms with Gasteiger partial charge in [0.25, 0.3) is 0 Å². The molecule has 0 amide bonds. The van der Waals surface area contributed by atoms with E-state index >= 15 is 0 Å². The first-order valence-corrected chi connectivity index (χ1v) is 9.19. The van der Waals surface area contributed by atoms with Gasteiger partial charge in [0, 0.05) is 29.4 Å². The smallest absolute Gasteiger partial charge is 0.175 e. The highest BCUT2D eigenvalue weighted by Crippen LogP contribution is 2.23. The molecule has 1 aromatic heterocycles. The summed E-state index contributed by atoms with van der Waals surface area (Å²) in [6, 6.07) is 10.7. The molecule has 0 unspecified atom stereocenters. The van der Waals surface area contributed by atoms with Crippen molar-refractivity contribution in [1.29, 1.82) is 0 Å². The number of aromatic nitrogens is 2. The molecule has 2 heterocycles. The number of hydrogen-bond donors (Lipinski definition) is 1. The second kappa shape index (κ2) is 7.53. The maximum Gasteiger partial charge on any atom is 0.175 e. The van der Waals surface area contributed by atoms with Crippen LogP contribution in [0.4, 0.5) is 5.82 Å². The fourth-order valence-electron chi connectivity index (χ4n) is 3.29. The van der Waals surface area contributed by atoms with Gasteiger partial charge in [-0.2, -0.15) is 5.10 Å². The van der Waals surface area contributed by atoms with Gasteiger partial charge in [-0.1, -0.05) is 23.7 Å². The topological polar surface area (TPSA) is 33.1 Å². The Morgan fingerprint density at radius 1 is 1.21 bits per heavy atom. The van der Waals surface area contributed by atoms with E-state index in [0.717, 1.165) is 21.5 Å². The first kappa shape index (κ1) is 17.2. The summed E-state index contributed by atoms with van der Waals surface area (Å²) in [5.74, 6) is 0.791. The fourth-order valence-corrected chi connectivity index (χ4v) is 3.88. The van der Waals surface area contributed by atoms with Gasteiger partial charge < -0.3 is 10.2 Å². The lowest BCUT2D eigenvalue weighted by Crippen LogP contribution is -2.49. The zero-order valence-electron chi connectivity index (χ0n) is 14.1. The molecular weight excluding hydrogens is 340 g/mol. The predicted molar refractivity (Wildman–Crippen MR) is 104 cm³/mol. The summed E-state index contributed by atoms with van der Waals surface area (Å²) >= 11 is 11.5.